The Morgan fingerprint density at radius 1 is 1.00 bits per heavy atom. The van der Waals surface area contributed by atoms with E-state index < -0.39 is 21.6 Å². The SMILES string of the molecule is C/C=C1\OC(=O)C(c2ccccc2)=C1c1ccc(S(C)(=O)=O)c(F)c1. The Balaban J connectivity index is 2.26. The minimum atomic E-state index is -3.67. The van der Waals surface area contributed by atoms with Crippen molar-refractivity contribution >= 4 is 27.0 Å². The molecule has 1 aliphatic heterocycles. The molecular formula is C19H15FO4S. The van der Waals surface area contributed by atoms with Crippen LogP contribution in [0.1, 0.15) is 18.1 Å². The fourth-order valence-corrected chi connectivity index (χ4v) is 3.47. The smallest absolute Gasteiger partial charge is 0.344 e. The Kier molecular flexibility index (Phi) is 4.30. The van der Waals surface area contributed by atoms with E-state index in [4.69, 9.17) is 4.74 Å². The lowest BCUT2D eigenvalue weighted by Crippen LogP contribution is -2.02. The van der Waals surface area contributed by atoms with Gasteiger partial charge >= 0.3 is 5.97 Å². The predicted octanol–water partition coefficient (Wildman–Crippen LogP) is 3.60. The number of sulfone groups is 1. The minimum absolute atomic E-state index is 0.315. The molecule has 0 N–H and O–H groups in total. The van der Waals surface area contributed by atoms with Crippen LogP contribution in [0.5, 0.6) is 0 Å². The predicted molar refractivity (Wildman–Crippen MR) is 92.6 cm³/mol. The third-order valence-electron chi connectivity index (χ3n) is 3.85. The van der Waals surface area contributed by atoms with Crippen LogP contribution in [0.2, 0.25) is 0 Å². The lowest BCUT2D eigenvalue weighted by atomic mass is 9.95. The van der Waals surface area contributed by atoms with Crippen molar-refractivity contribution in [1.29, 1.82) is 0 Å². The summed E-state index contributed by atoms with van der Waals surface area (Å²) in [5.41, 5.74) is 1.78. The maximum absolute atomic E-state index is 14.3. The number of allylic oxidation sites excluding steroid dienone is 2. The highest BCUT2D eigenvalue weighted by atomic mass is 32.2. The second kappa shape index (κ2) is 6.29. The van der Waals surface area contributed by atoms with Crippen LogP contribution in [0, 0.1) is 5.82 Å². The van der Waals surface area contributed by atoms with Gasteiger partial charge in [-0.25, -0.2) is 17.6 Å². The molecule has 0 fully saturated rings. The van der Waals surface area contributed by atoms with Gasteiger partial charge in [0.05, 0.1) is 5.57 Å². The topological polar surface area (TPSA) is 60.4 Å². The number of halogens is 1. The first-order valence-corrected chi connectivity index (χ1v) is 9.40. The van der Waals surface area contributed by atoms with Crippen LogP contribution in [0.3, 0.4) is 0 Å². The normalized spacial score (nSPS) is 16.4. The van der Waals surface area contributed by atoms with E-state index in [0.29, 0.717) is 28.0 Å². The van der Waals surface area contributed by atoms with Gasteiger partial charge in [0.15, 0.2) is 9.84 Å². The number of ether oxygens (including phenoxy) is 1. The van der Waals surface area contributed by atoms with Gasteiger partial charge in [0.1, 0.15) is 16.5 Å². The largest absolute Gasteiger partial charge is 0.423 e. The van der Waals surface area contributed by atoms with Crippen LogP contribution in [0.15, 0.2) is 65.3 Å². The van der Waals surface area contributed by atoms with Gasteiger partial charge in [-0.1, -0.05) is 36.4 Å². The Morgan fingerprint density at radius 3 is 2.24 bits per heavy atom. The molecule has 4 nitrogen and oxygen atoms in total. The molecule has 0 amide bonds. The zero-order chi connectivity index (χ0) is 18.2. The number of hydrogen-bond acceptors (Lipinski definition) is 4. The molecule has 3 rings (SSSR count). The van der Waals surface area contributed by atoms with Crippen molar-refractivity contribution in [3.63, 3.8) is 0 Å². The van der Waals surface area contributed by atoms with Crippen LogP contribution < -0.4 is 0 Å². The first-order valence-electron chi connectivity index (χ1n) is 7.51. The van der Waals surface area contributed by atoms with Gasteiger partial charge < -0.3 is 4.74 Å². The van der Waals surface area contributed by atoms with Crippen LogP contribution in [-0.4, -0.2) is 20.6 Å². The molecule has 2 aromatic carbocycles. The second-order valence-electron chi connectivity index (χ2n) is 5.58. The summed E-state index contributed by atoms with van der Waals surface area (Å²) in [6.07, 6.45) is 2.56. The molecule has 0 spiro atoms. The third kappa shape index (κ3) is 3.13. The summed E-state index contributed by atoms with van der Waals surface area (Å²) in [5, 5.41) is 0. The average molecular weight is 358 g/mol. The van der Waals surface area contributed by atoms with Crippen molar-refractivity contribution in [2.75, 3.05) is 6.26 Å². The number of carbonyl (C=O) groups excluding carboxylic acids is 1. The number of cyclic esters (lactones) is 1. The zero-order valence-corrected chi connectivity index (χ0v) is 14.4. The van der Waals surface area contributed by atoms with Gasteiger partial charge in [-0.15, -0.1) is 0 Å². The molecule has 25 heavy (non-hydrogen) atoms. The van der Waals surface area contributed by atoms with Crippen LogP contribution >= 0.6 is 0 Å². The van der Waals surface area contributed by atoms with E-state index in [-0.39, 0.29) is 4.90 Å². The Hall–Kier alpha value is -2.73. The fraction of sp³-hybridized carbons (Fsp3) is 0.105. The van der Waals surface area contributed by atoms with Crippen LogP contribution in [0.4, 0.5) is 4.39 Å². The van der Waals surface area contributed by atoms with Crippen LogP contribution in [0.25, 0.3) is 11.1 Å². The third-order valence-corrected chi connectivity index (χ3v) is 4.98. The van der Waals surface area contributed by atoms with Crippen molar-refractivity contribution in [3.8, 4) is 0 Å². The highest BCUT2D eigenvalue weighted by Gasteiger charge is 2.32. The highest BCUT2D eigenvalue weighted by Crippen LogP contribution is 2.40. The quantitative estimate of drug-likeness (QED) is 0.787. The van der Waals surface area contributed by atoms with Crippen molar-refractivity contribution in [2.45, 2.75) is 11.8 Å². The summed E-state index contributed by atoms with van der Waals surface area (Å²) in [6.45, 7) is 1.71. The molecule has 0 aliphatic carbocycles. The molecule has 0 saturated carbocycles. The summed E-state index contributed by atoms with van der Waals surface area (Å²) in [4.78, 5) is 11.9. The fourth-order valence-electron chi connectivity index (χ4n) is 2.74. The molecule has 0 saturated heterocycles. The molecule has 2 aromatic rings. The van der Waals surface area contributed by atoms with E-state index in [9.17, 15) is 17.6 Å². The van der Waals surface area contributed by atoms with Crippen molar-refractivity contribution in [2.24, 2.45) is 0 Å². The van der Waals surface area contributed by atoms with Gasteiger partial charge in [0, 0.05) is 11.8 Å². The molecule has 6 heteroatoms. The van der Waals surface area contributed by atoms with Gasteiger partial charge in [-0.05, 0) is 36.3 Å². The van der Waals surface area contributed by atoms with Gasteiger partial charge in [0.25, 0.3) is 0 Å². The molecule has 0 atom stereocenters. The molecule has 1 heterocycles. The van der Waals surface area contributed by atoms with Gasteiger partial charge in [-0.3, -0.25) is 0 Å². The summed E-state index contributed by atoms with van der Waals surface area (Å²) in [7, 11) is -3.67. The standard InChI is InChI=1S/C19H15FO4S/c1-3-15-17(13-9-10-16(14(20)11-13)25(2,22)23)18(19(21)24-15)12-7-5-4-6-8-12/h3-11H,1-2H3/b15-3-. The molecular weight excluding hydrogens is 343 g/mol. The molecule has 0 aromatic heterocycles. The number of hydrogen-bond donors (Lipinski definition) is 0. The van der Waals surface area contributed by atoms with Crippen molar-refractivity contribution < 1.29 is 22.3 Å². The second-order valence-corrected chi connectivity index (χ2v) is 7.56. The van der Waals surface area contributed by atoms with Crippen LogP contribution in [-0.2, 0) is 19.4 Å². The Bertz CT molecular complexity index is 1020. The van der Waals surface area contributed by atoms with E-state index in [1.54, 1.807) is 37.3 Å². The number of esters is 1. The number of benzene rings is 2. The van der Waals surface area contributed by atoms with Crippen molar-refractivity contribution in [1.82, 2.24) is 0 Å². The first kappa shape index (κ1) is 17.1. The first-order chi connectivity index (χ1) is 11.8. The number of carbonyl (C=O) groups is 1. The van der Waals surface area contributed by atoms with Gasteiger partial charge in [-0.2, -0.15) is 0 Å². The van der Waals surface area contributed by atoms with E-state index in [2.05, 4.69) is 0 Å². The summed E-state index contributed by atoms with van der Waals surface area (Å²) >= 11 is 0. The molecule has 0 radical (unpaired) electrons. The van der Waals surface area contributed by atoms with E-state index in [1.807, 2.05) is 6.07 Å². The Morgan fingerprint density at radius 2 is 1.68 bits per heavy atom. The average Bonchev–Trinajstić information content (AvgIpc) is 2.90. The van der Waals surface area contributed by atoms with Gasteiger partial charge in [0.2, 0.25) is 0 Å². The zero-order valence-electron chi connectivity index (χ0n) is 13.6. The lowest BCUT2D eigenvalue weighted by Gasteiger charge is -2.08. The number of rotatable bonds is 3. The van der Waals surface area contributed by atoms with E-state index in [1.165, 1.54) is 12.1 Å². The monoisotopic (exact) mass is 358 g/mol. The Labute approximate surface area is 145 Å². The molecule has 1 aliphatic rings. The van der Waals surface area contributed by atoms with E-state index in [0.717, 1.165) is 12.3 Å². The molecule has 128 valence electrons. The van der Waals surface area contributed by atoms with Crippen molar-refractivity contribution in [3.05, 3.63) is 77.3 Å². The van der Waals surface area contributed by atoms with E-state index >= 15 is 0 Å². The minimum Gasteiger partial charge on any atom is -0.423 e. The summed E-state index contributed by atoms with van der Waals surface area (Å²) < 4.78 is 42.8. The molecule has 0 bridgehead atoms. The molecule has 0 unspecified atom stereocenters. The summed E-state index contributed by atoms with van der Waals surface area (Å²) in [5.74, 6) is -1.08. The lowest BCUT2D eigenvalue weighted by molar-refractivity contribution is -0.131. The highest BCUT2D eigenvalue weighted by molar-refractivity contribution is 7.90. The maximum Gasteiger partial charge on any atom is 0.344 e. The summed E-state index contributed by atoms with van der Waals surface area (Å²) in [6, 6.07) is 12.7. The maximum atomic E-state index is 14.3.